The molecule has 0 fully saturated rings. The number of hydrogen-bond donors (Lipinski definition) is 0. The molecule has 24 aromatic carbocycles. The summed E-state index contributed by atoms with van der Waals surface area (Å²) in [6.07, 6.45) is 0. The highest BCUT2D eigenvalue weighted by molar-refractivity contribution is 6.09. The van der Waals surface area contributed by atoms with Crippen LogP contribution in [0.15, 0.2) is 614 Å². The number of benzene rings is 24. The van der Waals surface area contributed by atoms with Crippen LogP contribution in [0.3, 0.4) is 0 Å². The predicted molar refractivity (Wildman–Crippen MR) is 630 cm³/mol. The van der Waals surface area contributed by atoms with E-state index in [1.807, 2.05) is 36.4 Å². The monoisotopic (exact) mass is 1920 g/mol. The van der Waals surface area contributed by atoms with Gasteiger partial charge in [-0.1, -0.05) is 443 Å². The first-order valence-electron chi connectivity index (χ1n) is 51.0. The maximum Gasteiger partial charge on any atom is 0.137 e. The fourth-order valence-corrected chi connectivity index (χ4v) is 21.0. The van der Waals surface area contributed by atoms with Gasteiger partial charge in [0, 0.05) is 102 Å². The molecule has 0 saturated heterocycles. The molecule has 6 heteroatoms. The van der Waals surface area contributed by atoms with Crippen molar-refractivity contribution in [1.82, 2.24) is 0 Å². The van der Waals surface area contributed by atoms with Crippen molar-refractivity contribution in [2.45, 2.75) is 0 Å². The van der Waals surface area contributed by atoms with Crippen LogP contribution in [0.2, 0.25) is 0 Å². The van der Waals surface area contributed by atoms with E-state index < -0.39 is 0 Å². The summed E-state index contributed by atoms with van der Waals surface area (Å²) in [5.41, 5.74) is 43.4. The van der Waals surface area contributed by atoms with Gasteiger partial charge in [-0.05, 0) is 273 Å². The van der Waals surface area contributed by atoms with Crippen molar-refractivity contribution in [2.75, 3.05) is 14.7 Å². The summed E-state index contributed by atoms with van der Waals surface area (Å²) < 4.78 is 19.1. The van der Waals surface area contributed by atoms with Crippen LogP contribution in [0.5, 0.6) is 0 Å². The molecular formula is C144H99N3O3. The number of rotatable bonds is 21. The minimum atomic E-state index is 0.868. The Labute approximate surface area is 872 Å². The number of para-hydroxylation sites is 3. The summed E-state index contributed by atoms with van der Waals surface area (Å²) in [4.78, 5) is 6.98. The van der Waals surface area contributed by atoms with Crippen molar-refractivity contribution in [2.24, 2.45) is 0 Å². The molecule has 6 nitrogen and oxygen atoms in total. The Hall–Kier alpha value is -19.9. The lowest BCUT2D eigenvalue weighted by Crippen LogP contribution is -2.10. The van der Waals surface area contributed by atoms with Gasteiger partial charge in [0.2, 0.25) is 0 Å². The van der Waals surface area contributed by atoms with Gasteiger partial charge in [-0.15, -0.1) is 0 Å². The van der Waals surface area contributed by atoms with E-state index in [0.29, 0.717) is 0 Å². The maximum atomic E-state index is 6.38. The second kappa shape index (κ2) is 41.4. The summed E-state index contributed by atoms with van der Waals surface area (Å²) in [5.74, 6) is 0. The molecule has 0 saturated carbocycles. The number of fused-ring (bicyclic) bond motifs is 9. The van der Waals surface area contributed by atoms with E-state index in [1.165, 1.54) is 111 Å². The molecule has 27 rings (SSSR count). The van der Waals surface area contributed by atoms with E-state index >= 15 is 0 Å². The van der Waals surface area contributed by atoms with Crippen LogP contribution in [0.4, 0.5) is 51.2 Å². The topological polar surface area (TPSA) is 49.1 Å². The largest absolute Gasteiger partial charge is 0.456 e. The Kier molecular flexibility index (Phi) is 25.2. The van der Waals surface area contributed by atoms with E-state index in [0.717, 1.165) is 139 Å². The van der Waals surface area contributed by atoms with Crippen LogP contribution in [0, 0.1) is 0 Å². The molecule has 0 amide bonds. The second-order valence-corrected chi connectivity index (χ2v) is 37.7. The summed E-state index contributed by atoms with van der Waals surface area (Å²) in [5, 5.41) is 6.73. The highest BCUT2D eigenvalue weighted by Gasteiger charge is 2.24. The summed E-state index contributed by atoms with van der Waals surface area (Å²) in [6, 6.07) is 213. The quantitative estimate of drug-likeness (QED) is 0.0715. The zero-order valence-electron chi connectivity index (χ0n) is 82.2. The minimum absolute atomic E-state index is 0.868. The van der Waals surface area contributed by atoms with E-state index in [1.54, 1.807) is 0 Å². The summed E-state index contributed by atoms with van der Waals surface area (Å²) >= 11 is 0. The molecule has 0 radical (unpaired) electrons. The smallest absolute Gasteiger partial charge is 0.137 e. The van der Waals surface area contributed by atoms with Crippen molar-refractivity contribution in [3.05, 3.63) is 601 Å². The predicted octanol–water partition coefficient (Wildman–Crippen LogP) is 41.2. The number of nitrogens with zero attached hydrogens (tertiary/aromatic N) is 3. The standard InChI is InChI=1S/3C48H33NO/c1-3-13-34(14-4-1)41-17-7-9-19-43(41)36-23-27-38(28-24-36)49(40-31-32-46-45-21-11-12-22-47(45)50-48(46)33-40)39-29-25-37(26-30-39)44-20-10-8-18-42(44)35-15-5-2-6-16-35;1-3-13-34(14-4-1)36-17-9-19-38(29-36)40-21-11-23-42(31-40)49(44-27-28-46-45-25-7-8-26-47(45)50-48(46)33-44)43-24-12-22-41(32-43)39-20-10-18-37(30-39)35-15-5-2-6-16-35;1-3-11-34(12-4-1)36-21-25-38(26-22-36)40-15-9-17-42(31-40)49(44-29-30-46-45-19-7-8-20-47(45)50-48(46)33-44)43-18-10-16-41(32-43)39-27-23-37(24-28-39)35-13-5-2-6-14-35/h3*1-33H. The Morgan fingerprint density at radius 2 is 0.260 bits per heavy atom. The average molecular weight is 1920 g/mol. The SMILES string of the molecule is c1ccc(-c2ccc(-c3cccc(N(c4cccc(-c5ccc(-c6ccccc6)cc5)c4)c4ccc5c(c4)oc4ccccc45)c3)cc2)cc1.c1ccc(-c2cccc(-c3cccc(N(c4cccc(-c5cccc(-c6ccccc6)c5)c4)c4ccc5c(c4)oc4ccccc45)c3)c2)cc1.c1ccc(-c2ccccc2-c2ccc(N(c3ccc(-c4ccccc4-c4ccccc4)cc3)c3ccc4c(c3)oc3ccccc34)cc2)cc1. The molecule has 0 aliphatic carbocycles. The first kappa shape index (κ1) is 91.3. The van der Waals surface area contributed by atoms with Gasteiger partial charge in [-0.2, -0.15) is 0 Å². The molecule has 27 aromatic rings. The van der Waals surface area contributed by atoms with Crippen molar-refractivity contribution in [3.63, 3.8) is 0 Å². The van der Waals surface area contributed by atoms with Crippen LogP contribution < -0.4 is 14.7 Å². The fraction of sp³-hybridized carbons (Fsp3) is 0. The second-order valence-electron chi connectivity index (χ2n) is 37.7. The van der Waals surface area contributed by atoms with Gasteiger partial charge in [-0.25, -0.2) is 0 Å². The molecule has 0 N–H and O–H groups in total. The lowest BCUT2D eigenvalue weighted by Gasteiger charge is -2.26. The van der Waals surface area contributed by atoms with Gasteiger partial charge in [0.05, 0.1) is 0 Å². The fourth-order valence-electron chi connectivity index (χ4n) is 21.0. The van der Waals surface area contributed by atoms with Gasteiger partial charge in [0.1, 0.15) is 33.5 Å². The molecule has 3 heterocycles. The number of hydrogen-bond acceptors (Lipinski definition) is 6. The normalized spacial score (nSPS) is 11.2. The molecule has 0 bridgehead atoms. The Morgan fingerprint density at radius 3 is 0.547 bits per heavy atom. The molecule has 708 valence electrons. The van der Waals surface area contributed by atoms with Crippen molar-refractivity contribution in [3.8, 4) is 134 Å². The van der Waals surface area contributed by atoms with Crippen molar-refractivity contribution in [1.29, 1.82) is 0 Å². The number of furan rings is 3. The van der Waals surface area contributed by atoms with Gasteiger partial charge in [0.25, 0.3) is 0 Å². The van der Waals surface area contributed by atoms with Crippen molar-refractivity contribution < 1.29 is 13.3 Å². The molecule has 0 aliphatic heterocycles. The molecule has 3 aromatic heterocycles. The zero-order chi connectivity index (χ0) is 99.8. The number of anilines is 9. The van der Waals surface area contributed by atoms with Gasteiger partial charge < -0.3 is 28.0 Å². The van der Waals surface area contributed by atoms with E-state index in [4.69, 9.17) is 13.3 Å². The third-order valence-corrected chi connectivity index (χ3v) is 28.4. The molecule has 0 atom stereocenters. The first-order chi connectivity index (χ1) is 74.3. The Bertz CT molecular complexity index is 9100. The van der Waals surface area contributed by atoms with E-state index in [2.05, 4.69) is 579 Å². The minimum Gasteiger partial charge on any atom is -0.456 e. The van der Waals surface area contributed by atoms with Crippen LogP contribution in [0.25, 0.3) is 199 Å². The Balaban J connectivity index is 0.000000116. The van der Waals surface area contributed by atoms with Crippen LogP contribution in [-0.2, 0) is 0 Å². The molecule has 150 heavy (non-hydrogen) atoms. The molecular weight excluding hydrogens is 1820 g/mol. The lowest BCUT2D eigenvalue weighted by atomic mass is 9.94. The Morgan fingerprint density at radius 1 is 0.0933 bits per heavy atom. The van der Waals surface area contributed by atoms with Crippen LogP contribution >= 0.6 is 0 Å². The third-order valence-electron chi connectivity index (χ3n) is 28.4. The lowest BCUT2D eigenvalue weighted by molar-refractivity contribution is 0.668. The van der Waals surface area contributed by atoms with Crippen molar-refractivity contribution >= 4 is 117 Å². The molecule has 0 unspecified atom stereocenters. The van der Waals surface area contributed by atoms with Gasteiger partial charge in [-0.3, -0.25) is 0 Å². The highest BCUT2D eigenvalue weighted by atomic mass is 16.3. The van der Waals surface area contributed by atoms with Crippen LogP contribution in [-0.4, -0.2) is 0 Å². The summed E-state index contributed by atoms with van der Waals surface area (Å²) in [6.45, 7) is 0. The van der Waals surface area contributed by atoms with E-state index in [9.17, 15) is 0 Å². The third kappa shape index (κ3) is 19.0. The highest BCUT2D eigenvalue weighted by Crippen LogP contribution is 2.48. The zero-order valence-corrected chi connectivity index (χ0v) is 82.2. The van der Waals surface area contributed by atoms with Crippen LogP contribution in [0.1, 0.15) is 0 Å². The summed E-state index contributed by atoms with van der Waals surface area (Å²) in [7, 11) is 0. The maximum absolute atomic E-state index is 6.38. The molecule has 0 spiro atoms. The first-order valence-corrected chi connectivity index (χ1v) is 51.0. The van der Waals surface area contributed by atoms with Gasteiger partial charge >= 0.3 is 0 Å². The molecule has 0 aliphatic rings. The average Bonchev–Trinajstić information content (AvgIpc) is 1.63. The van der Waals surface area contributed by atoms with E-state index in [-0.39, 0.29) is 0 Å². The van der Waals surface area contributed by atoms with Gasteiger partial charge in [0.15, 0.2) is 0 Å².